The van der Waals surface area contributed by atoms with Crippen molar-refractivity contribution in [1.82, 2.24) is 5.16 Å². The smallest absolute Gasteiger partial charge is 0.230 e. The van der Waals surface area contributed by atoms with Crippen molar-refractivity contribution in [1.29, 1.82) is 0 Å². The molecule has 0 fully saturated rings. The van der Waals surface area contributed by atoms with Crippen molar-refractivity contribution in [3.05, 3.63) is 71.7 Å². The van der Waals surface area contributed by atoms with Gasteiger partial charge >= 0.3 is 0 Å². The number of hydrogen-bond acceptors (Lipinski definition) is 4. The number of amides is 1. The van der Waals surface area contributed by atoms with Gasteiger partial charge in [-0.2, -0.15) is 0 Å². The first kappa shape index (κ1) is 16.6. The summed E-state index contributed by atoms with van der Waals surface area (Å²) in [5, 5.41) is 6.52. The molecule has 3 rings (SSSR count). The molecule has 3 aromatic rings. The molecule has 25 heavy (non-hydrogen) atoms. The van der Waals surface area contributed by atoms with Crippen molar-refractivity contribution in [2.45, 2.75) is 13.3 Å². The Morgan fingerprint density at radius 2 is 1.84 bits per heavy atom. The Balaban J connectivity index is 1.66. The zero-order valence-corrected chi connectivity index (χ0v) is 13.5. The van der Waals surface area contributed by atoms with Gasteiger partial charge in [-0.15, -0.1) is 0 Å². The molecule has 0 aliphatic carbocycles. The van der Waals surface area contributed by atoms with Gasteiger partial charge < -0.3 is 9.84 Å². The second-order valence-corrected chi connectivity index (χ2v) is 5.52. The highest BCUT2D eigenvalue weighted by Gasteiger charge is 2.13. The molecule has 126 valence electrons. The zero-order chi connectivity index (χ0) is 17.8. The van der Waals surface area contributed by atoms with Gasteiger partial charge in [0.2, 0.25) is 5.91 Å². The van der Waals surface area contributed by atoms with Crippen molar-refractivity contribution in [3.63, 3.8) is 0 Å². The average Bonchev–Trinajstić information content (AvgIpc) is 3.03. The van der Waals surface area contributed by atoms with E-state index in [1.54, 1.807) is 42.5 Å². The number of carbonyl (C=O) groups is 2. The van der Waals surface area contributed by atoms with Crippen LogP contribution in [0.2, 0.25) is 0 Å². The van der Waals surface area contributed by atoms with Crippen LogP contribution in [-0.2, 0) is 11.2 Å². The summed E-state index contributed by atoms with van der Waals surface area (Å²) in [6, 6.07) is 14.3. The highest BCUT2D eigenvalue weighted by molar-refractivity contribution is 5.96. The molecule has 0 aliphatic heterocycles. The lowest BCUT2D eigenvalue weighted by atomic mass is 10.1. The number of anilines is 1. The molecule has 1 heterocycles. The number of nitrogens with one attached hydrogen (secondary N) is 1. The molecule has 0 atom stereocenters. The van der Waals surface area contributed by atoms with Crippen molar-refractivity contribution in [2.24, 2.45) is 0 Å². The highest BCUT2D eigenvalue weighted by atomic mass is 19.1. The van der Waals surface area contributed by atoms with Crippen molar-refractivity contribution < 1.29 is 18.5 Å². The van der Waals surface area contributed by atoms with Crippen LogP contribution in [-0.4, -0.2) is 16.8 Å². The topological polar surface area (TPSA) is 72.2 Å². The quantitative estimate of drug-likeness (QED) is 0.717. The average molecular weight is 338 g/mol. The molecule has 0 spiro atoms. The van der Waals surface area contributed by atoms with Gasteiger partial charge in [-0.3, -0.25) is 9.59 Å². The van der Waals surface area contributed by atoms with E-state index in [-0.39, 0.29) is 23.9 Å². The molecular weight excluding hydrogens is 323 g/mol. The number of hydrogen-bond donors (Lipinski definition) is 1. The molecule has 2 aromatic carbocycles. The van der Waals surface area contributed by atoms with Crippen molar-refractivity contribution >= 4 is 17.4 Å². The molecule has 1 N–H and O–H groups in total. The third-order valence-corrected chi connectivity index (χ3v) is 3.62. The van der Waals surface area contributed by atoms with Gasteiger partial charge in [0.1, 0.15) is 5.82 Å². The molecule has 0 radical (unpaired) electrons. The van der Waals surface area contributed by atoms with Gasteiger partial charge in [0.15, 0.2) is 11.5 Å². The predicted molar refractivity (Wildman–Crippen MR) is 90.7 cm³/mol. The Labute approximate surface area is 143 Å². The number of carbonyl (C=O) groups excluding carboxylic acids is 2. The van der Waals surface area contributed by atoms with E-state index in [1.165, 1.54) is 19.1 Å². The van der Waals surface area contributed by atoms with E-state index in [1.807, 2.05) is 0 Å². The summed E-state index contributed by atoms with van der Waals surface area (Å²) in [6.45, 7) is 1.48. The van der Waals surface area contributed by atoms with Crippen LogP contribution in [0.5, 0.6) is 0 Å². The molecule has 1 amide bonds. The summed E-state index contributed by atoms with van der Waals surface area (Å²) in [5.41, 5.74) is 1.84. The first-order valence-electron chi connectivity index (χ1n) is 7.64. The molecule has 1 aromatic heterocycles. The first-order chi connectivity index (χ1) is 12.0. The predicted octanol–water partition coefficient (Wildman–Crippen LogP) is 3.86. The molecule has 0 saturated carbocycles. The summed E-state index contributed by atoms with van der Waals surface area (Å²) in [6.07, 6.45) is -0.00753. The van der Waals surface area contributed by atoms with Gasteiger partial charge in [-0.05, 0) is 43.3 Å². The molecule has 0 bridgehead atoms. The van der Waals surface area contributed by atoms with Gasteiger partial charge in [-0.1, -0.05) is 17.3 Å². The number of ketones is 1. The Morgan fingerprint density at radius 1 is 1.12 bits per heavy atom. The number of aromatic nitrogens is 1. The normalized spacial score (nSPS) is 10.5. The maximum absolute atomic E-state index is 13.7. The monoisotopic (exact) mass is 338 g/mol. The fraction of sp³-hybridized carbons (Fsp3) is 0.105. The van der Waals surface area contributed by atoms with Crippen LogP contribution in [0.25, 0.3) is 11.3 Å². The summed E-state index contributed by atoms with van der Waals surface area (Å²) in [4.78, 5) is 23.3. The zero-order valence-electron chi connectivity index (χ0n) is 13.5. The summed E-state index contributed by atoms with van der Waals surface area (Å²) in [5.74, 6) is -0.475. The van der Waals surface area contributed by atoms with Crippen LogP contribution in [0.15, 0.2) is 59.1 Å². The molecule has 6 heteroatoms. The van der Waals surface area contributed by atoms with E-state index in [0.29, 0.717) is 22.5 Å². The molecule has 0 saturated heterocycles. The Morgan fingerprint density at radius 3 is 2.52 bits per heavy atom. The second-order valence-electron chi connectivity index (χ2n) is 5.52. The van der Waals surface area contributed by atoms with Gasteiger partial charge in [0, 0.05) is 17.3 Å². The number of Topliss-reactive ketones (excluding diaryl/α,β-unsaturated/α-hetero) is 1. The van der Waals surface area contributed by atoms with E-state index in [2.05, 4.69) is 10.5 Å². The highest BCUT2D eigenvalue weighted by Crippen LogP contribution is 2.23. The lowest BCUT2D eigenvalue weighted by molar-refractivity contribution is -0.115. The standard InChI is InChI=1S/C19H15FN2O3/c1-12(23)13-6-8-14(9-7-13)21-19(24)11-15-10-18(25-22-15)16-4-2-3-5-17(16)20/h2-10H,11H2,1H3,(H,21,24). The molecule has 0 aliphatic rings. The fourth-order valence-electron chi connectivity index (χ4n) is 2.34. The lowest BCUT2D eigenvalue weighted by Crippen LogP contribution is -2.14. The number of rotatable bonds is 5. The second kappa shape index (κ2) is 7.09. The van der Waals surface area contributed by atoms with E-state index >= 15 is 0 Å². The van der Waals surface area contributed by atoms with Crippen LogP contribution in [0.3, 0.4) is 0 Å². The molecule has 0 unspecified atom stereocenters. The SMILES string of the molecule is CC(=O)c1ccc(NC(=O)Cc2cc(-c3ccccc3F)on2)cc1. The Bertz CT molecular complexity index is 916. The lowest BCUT2D eigenvalue weighted by Gasteiger charge is -2.04. The maximum atomic E-state index is 13.7. The summed E-state index contributed by atoms with van der Waals surface area (Å²) in [7, 11) is 0. The largest absolute Gasteiger partial charge is 0.356 e. The van der Waals surface area contributed by atoms with Crippen LogP contribution >= 0.6 is 0 Å². The van der Waals surface area contributed by atoms with Crippen LogP contribution in [0.1, 0.15) is 23.0 Å². The minimum atomic E-state index is -0.416. The summed E-state index contributed by atoms with van der Waals surface area (Å²) >= 11 is 0. The van der Waals surface area contributed by atoms with Crippen LogP contribution in [0, 0.1) is 5.82 Å². The maximum Gasteiger partial charge on any atom is 0.230 e. The van der Waals surface area contributed by atoms with E-state index in [0.717, 1.165) is 0 Å². The van der Waals surface area contributed by atoms with Crippen molar-refractivity contribution in [2.75, 3.05) is 5.32 Å². The third-order valence-electron chi connectivity index (χ3n) is 3.62. The van der Waals surface area contributed by atoms with Gasteiger partial charge in [-0.25, -0.2) is 4.39 Å². The molecule has 5 nitrogen and oxygen atoms in total. The van der Waals surface area contributed by atoms with E-state index < -0.39 is 5.82 Å². The number of halogens is 1. The van der Waals surface area contributed by atoms with Crippen LogP contribution < -0.4 is 5.32 Å². The fourth-order valence-corrected chi connectivity index (χ4v) is 2.34. The first-order valence-corrected chi connectivity index (χ1v) is 7.64. The van der Waals surface area contributed by atoms with E-state index in [4.69, 9.17) is 4.52 Å². The third kappa shape index (κ3) is 3.98. The minimum Gasteiger partial charge on any atom is -0.356 e. The van der Waals surface area contributed by atoms with Crippen molar-refractivity contribution in [3.8, 4) is 11.3 Å². The number of benzene rings is 2. The Kier molecular flexibility index (Phi) is 4.70. The number of nitrogens with zero attached hydrogens (tertiary/aromatic N) is 1. The minimum absolute atomic E-state index is 0.00753. The van der Waals surface area contributed by atoms with Crippen LogP contribution in [0.4, 0.5) is 10.1 Å². The van der Waals surface area contributed by atoms with E-state index in [9.17, 15) is 14.0 Å². The van der Waals surface area contributed by atoms with Gasteiger partial charge in [0.25, 0.3) is 0 Å². The Hall–Kier alpha value is -3.28. The summed E-state index contributed by atoms with van der Waals surface area (Å²) < 4.78 is 18.9. The van der Waals surface area contributed by atoms with Gasteiger partial charge in [0.05, 0.1) is 17.7 Å². The molecular formula is C19H15FN2O3.